The molecule has 1 aliphatic heterocycles. The van der Waals surface area contributed by atoms with Gasteiger partial charge in [0, 0.05) is 37.5 Å². The molecule has 2 atom stereocenters. The third-order valence-electron chi connectivity index (χ3n) is 3.86. The summed E-state index contributed by atoms with van der Waals surface area (Å²) >= 11 is 0. The van der Waals surface area contributed by atoms with Gasteiger partial charge in [0.15, 0.2) is 0 Å². The Morgan fingerprint density at radius 1 is 1.33 bits per heavy atom. The average Bonchev–Trinajstić information content (AvgIpc) is 2.33. The standard InChI is InChI=1S/C15H24N2O/c1-11-5-4-6-12(2)15(11)17-10-14(7-8-18)16-9-13(17)3/h4-6,13-14,16,18H,7-10H2,1-3H3. The van der Waals surface area contributed by atoms with Gasteiger partial charge in [0.25, 0.3) is 0 Å². The Morgan fingerprint density at radius 3 is 2.61 bits per heavy atom. The van der Waals surface area contributed by atoms with E-state index in [0.29, 0.717) is 12.1 Å². The summed E-state index contributed by atoms with van der Waals surface area (Å²) < 4.78 is 0. The molecule has 0 aromatic heterocycles. The fourth-order valence-corrected chi connectivity index (χ4v) is 2.85. The maximum atomic E-state index is 9.09. The number of aryl methyl sites for hydroxylation is 2. The Kier molecular flexibility index (Phi) is 4.25. The molecule has 2 unspecified atom stereocenters. The van der Waals surface area contributed by atoms with Crippen LogP contribution in [0.3, 0.4) is 0 Å². The molecule has 3 nitrogen and oxygen atoms in total. The minimum atomic E-state index is 0.257. The lowest BCUT2D eigenvalue weighted by Gasteiger charge is -2.41. The van der Waals surface area contributed by atoms with Gasteiger partial charge >= 0.3 is 0 Å². The first-order chi connectivity index (χ1) is 8.63. The van der Waals surface area contributed by atoms with Gasteiger partial charge in [0.2, 0.25) is 0 Å². The van der Waals surface area contributed by atoms with Crippen LogP contribution in [0.5, 0.6) is 0 Å². The summed E-state index contributed by atoms with van der Waals surface area (Å²) in [4.78, 5) is 2.49. The van der Waals surface area contributed by atoms with Gasteiger partial charge in [-0.15, -0.1) is 0 Å². The van der Waals surface area contributed by atoms with Crippen molar-refractivity contribution in [1.29, 1.82) is 0 Å². The normalized spacial score (nSPS) is 24.3. The Morgan fingerprint density at radius 2 is 2.00 bits per heavy atom. The van der Waals surface area contributed by atoms with Crippen molar-refractivity contribution in [1.82, 2.24) is 5.32 Å². The highest BCUT2D eigenvalue weighted by molar-refractivity contribution is 5.60. The zero-order valence-corrected chi connectivity index (χ0v) is 11.6. The third kappa shape index (κ3) is 2.68. The van der Waals surface area contributed by atoms with E-state index in [1.54, 1.807) is 0 Å². The molecule has 2 N–H and O–H groups in total. The van der Waals surface area contributed by atoms with Crippen LogP contribution in [-0.4, -0.2) is 36.9 Å². The Balaban J connectivity index is 2.24. The zero-order chi connectivity index (χ0) is 13.1. The van der Waals surface area contributed by atoms with Crippen molar-refractivity contribution in [3.8, 4) is 0 Å². The SMILES string of the molecule is Cc1cccc(C)c1N1CC(CCO)NCC1C. The lowest BCUT2D eigenvalue weighted by atomic mass is 10.0. The van der Waals surface area contributed by atoms with Crippen LogP contribution in [0.25, 0.3) is 0 Å². The lowest BCUT2D eigenvalue weighted by Crippen LogP contribution is -2.56. The molecule has 0 saturated carbocycles. The second-order valence-corrected chi connectivity index (χ2v) is 5.36. The summed E-state index contributed by atoms with van der Waals surface area (Å²) in [6.07, 6.45) is 0.828. The van der Waals surface area contributed by atoms with E-state index in [0.717, 1.165) is 19.5 Å². The van der Waals surface area contributed by atoms with Crippen molar-refractivity contribution in [3.63, 3.8) is 0 Å². The van der Waals surface area contributed by atoms with Crippen LogP contribution in [0.4, 0.5) is 5.69 Å². The monoisotopic (exact) mass is 248 g/mol. The first-order valence-corrected chi connectivity index (χ1v) is 6.80. The van der Waals surface area contributed by atoms with Crippen LogP contribution in [0, 0.1) is 13.8 Å². The number of hydrogen-bond acceptors (Lipinski definition) is 3. The number of aliphatic hydroxyl groups is 1. The predicted molar refractivity (Wildman–Crippen MR) is 76.2 cm³/mol. The highest BCUT2D eigenvalue weighted by Crippen LogP contribution is 2.28. The van der Waals surface area contributed by atoms with Gasteiger partial charge in [-0.3, -0.25) is 0 Å². The van der Waals surface area contributed by atoms with E-state index in [9.17, 15) is 0 Å². The fraction of sp³-hybridized carbons (Fsp3) is 0.600. The summed E-state index contributed by atoms with van der Waals surface area (Å²) in [6.45, 7) is 8.84. The zero-order valence-electron chi connectivity index (χ0n) is 11.6. The summed E-state index contributed by atoms with van der Waals surface area (Å²) in [5, 5.41) is 12.6. The van der Waals surface area contributed by atoms with Gasteiger partial charge in [-0.25, -0.2) is 0 Å². The maximum Gasteiger partial charge on any atom is 0.0446 e. The third-order valence-corrected chi connectivity index (χ3v) is 3.86. The molecule has 2 rings (SSSR count). The van der Waals surface area contributed by atoms with Crippen molar-refractivity contribution in [2.75, 3.05) is 24.6 Å². The van der Waals surface area contributed by atoms with Crippen molar-refractivity contribution in [2.24, 2.45) is 0 Å². The molecule has 1 aliphatic rings. The van der Waals surface area contributed by atoms with Gasteiger partial charge < -0.3 is 15.3 Å². The minimum Gasteiger partial charge on any atom is -0.396 e. The molecule has 0 aliphatic carbocycles. The second-order valence-electron chi connectivity index (χ2n) is 5.36. The van der Waals surface area contributed by atoms with Gasteiger partial charge in [0.1, 0.15) is 0 Å². The van der Waals surface area contributed by atoms with E-state index < -0.39 is 0 Å². The molecule has 1 aromatic rings. The highest BCUT2D eigenvalue weighted by Gasteiger charge is 2.26. The Hall–Kier alpha value is -1.06. The quantitative estimate of drug-likeness (QED) is 0.857. The van der Waals surface area contributed by atoms with Crippen LogP contribution in [0.15, 0.2) is 18.2 Å². The number of anilines is 1. The average molecular weight is 248 g/mol. The number of piperazine rings is 1. The van der Waals surface area contributed by atoms with E-state index in [2.05, 4.69) is 49.2 Å². The molecule has 3 heteroatoms. The fourth-order valence-electron chi connectivity index (χ4n) is 2.85. The second kappa shape index (κ2) is 5.72. The van der Waals surface area contributed by atoms with Gasteiger partial charge in [0.05, 0.1) is 0 Å². The molecule has 0 amide bonds. The number of nitrogens with one attached hydrogen (secondary N) is 1. The minimum absolute atomic E-state index is 0.257. The number of rotatable bonds is 3. The molecule has 1 aromatic carbocycles. The number of para-hydroxylation sites is 1. The largest absolute Gasteiger partial charge is 0.396 e. The molecule has 0 bridgehead atoms. The van der Waals surface area contributed by atoms with Crippen LogP contribution < -0.4 is 10.2 Å². The summed E-state index contributed by atoms with van der Waals surface area (Å²) in [5.74, 6) is 0. The Bertz CT molecular complexity index is 385. The molecule has 18 heavy (non-hydrogen) atoms. The molecule has 1 heterocycles. The molecule has 0 spiro atoms. The van der Waals surface area contributed by atoms with Crippen LogP contribution in [0.1, 0.15) is 24.5 Å². The van der Waals surface area contributed by atoms with Crippen LogP contribution in [0.2, 0.25) is 0 Å². The van der Waals surface area contributed by atoms with Gasteiger partial charge in [-0.05, 0) is 38.3 Å². The van der Waals surface area contributed by atoms with Gasteiger partial charge in [-0.1, -0.05) is 18.2 Å². The molecule has 1 saturated heterocycles. The van der Waals surface area contributed by atoms with Crippen LogP contribution in [-0.2, 0) is 0 Å². The smallest absolute Gasteiger partial charge is 0.0446 e. The Labute approximate surface area is 110 Å². The highest BCUT2D eigenvalue weighted by atomic mass is 16.3. The van der Waals surface area contributed by atoms with E-state index in [1.807, 2.05) is 0 Å². The first-order valence-electron chi connectivity index (χ1n) is 6.80. The van der Waals surface area contributed by atoms with Crippen molar-refractivity contribution in [2.45, 2.75) is 39.3 Å². The number of hydrogen-bond donors (Lipinski definition) is 2. The molecular weight excluding hydrogens is 224 g/mol. The number of nitrogens with zero attached hydrogens (tertiary/aromatic N) is 1. The van der Waals surface area contributed by atoms with Crippen LogP contribution >= 0.6 is 0 Å². The van der Waals surface area contributed by atoms with E-state index in [1.165, 1.54) is 16.8 Å². The molecule has 1 fully saturated rings. The van der Waals surface area contributed by atoms with E-state index >= 15 is 0 Å². The first kappa shape index (κ1) is 13.4. The molecule has 100 valence electrons. The maximum absolute atomic E-state index is 9.09. The van der Waals surface area contributed by atoms with Crippen molar-refractivity contribution in [3.05, 3.63) is 29.3 Å². The summed E-state index contributed by atoms with van der Waals surface area (Å²) in [7, 11) is 0. The lowest BCUT2D eigenvalue weighted by molar-refractivity contribution is 0.254. The van der Waals surface area contributed by atoms with Crippen molar-refractivity contribution < 1.29 is 5.11 Å². The van der Waals surface area contributed by atoms with Crippen molar-refractivity contribution >= 4 is 5.69 Å². The van der Waals surface area contributed by atoms with E-state index in [-0.39, 0.29) is 6.61 Å². The number of aliphatic hydroxyl groups excluding tert-OH is 1. The molecular formula is C15H24N2O. The molecule has 0 radical (unpaired) electrons. The summed E-state index contributed by atoms with van der Waals surface area (Å²) in [6, 6.07) is 7.37. The van der Waals surface area contributed by atoms with E-state index in [4.69, 9.17) is 5.11 Å². The van der Waals surface area contributed by atoms with Gasteiger partial charge in [-0.2, -0.15) is 0 Å². The number of benzene rings is 1. The topological polar surface area (TPSA) is 35.5 Å². The summed E-state index contributed by atoms with van der Waals surface area (Å²) in [5.41, 5.74) is 4.05. The predicted octanol–water partition coefficient (Wildman–Crippen LogP) is 1.85.